The number of rotatable bonds is 4. The lowest BCUT2D eigenvalue weighted by Crippen LogP contribution is -2.32. The van der Waals surface area contributed by atoms with Crippen LogP contribution in [0, 0.1) is 11.3 Å². The molecule has 1 aliphatic heterocycles. The molecule has 5 nitrogen and oxygen atoms in total. The molecule has 2 rings (SSSR count). The predicted molar refractivity (Wildman–Crippen MR) is 115 cm³/mol. The third-order valence-electron chi connectivity index (χ3n) is 3.70. The zero-order valence-corrected chi connectivity index (χ0v) is 18.5. The van der Waals surface area contributed by atoms with Crippen LogP contribution in [0.25, 0.3) is 0 Å². The van der Waals surface area contributed by atoms with E-state index in [0.29, 0.717) is 0 Å². The molecule has 26 heavy (non-hydrogen) atoms. The Balaban J connectivity index is 0. The molecule has 0 aromatic carbocycles. The second-order valence-corrected chi connectivity index (χ2v) is 6.47. The van der Waals surface area contributed by atoms with E-state index in [1.165, 1.54) is 28.3 Å². The average molecular weight is 383 g/mol. The fourth-order valence-electron chi connectivity index (χ4n) is 2.42. The molecular formula is C20H38N4OS. The van der Waals surface area contributed by atoms with Crippen molar-refractivity contribution in [1.29, 1.82) is 5.26 Å². The van der Waals surface area contributed by atoms with Crippen molar-refractivity contribution in [2.75, 3.05) is 18.0 Å². The van der Waals surface area contributed by atoms with E-state index in [4.69, 9.17) is 5.73 Å². The van der Waals surface area contributed by atoms with Crippen LogP contribution in [0.1, 0.15) is 77.3 Å². The van der Waals surface area contributed by atoms with Crippen molar-refractivity contribution in [3.8, 4) is 6.07 Å². The van der Waals surface area contributed by atoms with E-state index in [9.17, 15) is 10.1 Å². The summed E-state index contributed by atoms with van der Waals surface area (Å²) in [6.45, 7) is 16.1. The predicted octanol–water partition coefficient (Wildman–Crippen LogP) is 4.22. The number of thiophene rings is 1. The molecule has 1 amide bonds. The monoisotopic (exact) mass is 382 g/mol. The van der Waals surface area contributed by atoms with Gasteiger partial charge in [0.15, 0.2) is 0 Å². The summed E-state index contributed by atoms with van der Waals surface area (Å²) in [5, 5.41) is 10.6. The molecule has 0 radical (unpaired) electrons. The summed E-state index contributed by atoms with van der Waals surface area (Å²) in [6.07, 6.45) is 4.57. The van der Waals surface area contributed by atoms with Crippen LogP contribution in [0.15, 0.2) is 0 Å². The van der Waals surface area contributed by atoms with Gasteiger partial charge in [0.05, 0.1) is 11.6 Å². The Morgan fingerprint density at radius 2 is 1.65 bits per heavy atom. The number of hydrogen-bond acceptors (Lipinski definition) is 5. The van der Waals surface area contributed by atoms with Crippen LogP contribution in [-0.2, 0) is 17.6 Å². The van der Waals surface area contributed by atoms with Gasteiger partial charge in [-0.15, -0.1) is 11.3 Å². The maximum Gasteiger partial charge on any atom is 0.234 e. The van der Waals surface area contributed by atoms with Crippen LogP contribution in [-0.4, -0.2) is 25.0 Å². The summed E-state index contributed by atoms with van der Waals surface area (Å²) in [4.78, 5) is 13.6. The molecule has 2 heterocycles. The highest BCUT2D eigenvalue weighted by Crippen LogP contribution is 2.37. The van der Waals surface area contributed by atoms with Gasteiger partial charge in [0.2, 0.25) is 5.91 Å². The lowest BCUT2D eigenvalue weighted by Gasteiger charge is -2.15. The molecule has 1 aromatic heterocycles. The first-order chi connectivity index (χ1) is 12.5. The highest BCUT2D eigenvalue weighted by atomic mass is 32.1. The molecule has 0 spiro atoms. The fraction of sp³-hybridized carbons (Fsp3) is 0.700. The van der Waals surface area contributed by atoms with Crippen molar-refractivity contribution in [2.45, 2.75) is 80.2 Å². The van der Waals surface area contributed by atoms with E-state index in [1.807, 2.05) is 39.0 Å². The molecule has 1 saturated heterocycles. The second-order valence-electron chi connectivity index (χ2n) is 5.39. The summed E-state index contributed by atoms with van der Waals surface area (Å²) in [6, 6.07) is 1.91. The van der Waals surface area contributed by atoms with Crippen molar-refractivity contribution in [3.05, 3.63) is 16.0 Å². The van der Waals surface area contributed by atoms with E-state index in [-0.39, 0.29) is 0 Å². The van der Waals surface area contributed by atoms with Crippen molar-refractivity contribution >= 4 is 22.2 Å². The Labute approximate surface area is 164 Å². The molecule has 1 aliphatic rings. The summed E-state index contributed by atoms with van der Waals surface area (Å²) in [5.41, 5.74) is 11.9. The third-order valence-corrected chi connectivity index (χ3v) is 5.14. The summed E-state index contributed by atoms with van der Waals surface area (Å²) < 4.78 is 0. The van der Waals surface area contributed by atoms with Crippen molar-refractivity contribution in [3.63, 3.8) is 0 Å². The maximum atomic E-state index is 9.80. The normalized spacial score (nSPS) is 13.1. The van der Waals surface area contributed by atoms with Gasteiger partial charge in [0, 0.05) is 18.0 Å². The van der Waals surface area contributed by atoms with Crippen LogP contribution in [0.2, 0.25) is 0 Å². The Kier molecular flexibility index (Phi) is 16.0. The highest BCUT2D eigenvalue weighted by molar-refractivity contribution is 7.16. The van der Waals surface area contributed by atoms with Gasteiger partial charge in [-0.05, 0) is 38.2 Å². The van der Waals surface area contributed by atoms with Crippen LogP contribution < -0.4 is 16.4 Å². The van der Waals surface area contributed by atoms with Crippen molar-refractivity contribution in [1.82, 2.24) is 0 Å². The molecule has 150 valence electrons. The number of aryl methyl sites for hydroxylation is 1. The number of primary amides is 1. The van der Waals surface area contributed by atoms with E-state index in [2.05, 4.69) is 30.6 Å². The first-order valence-electron chi connectivity index (χ1n) is 9.80. The molecule has 1 aromatic rings. The van der Waals surface area contributed by atoms with Gasteiger partial charge >= 0.3 is 0 Å². The highest BCUT2D eigenvalue weighted by Gasteiger charge is 2.22. The van der Waals surface area contributed by atoms with E-state index >= 15 is 0 Å². The van der Waals surface area contributed by atoms with E-state index in [1.54, 1.807) is 6.92 Å². The molecule has 0 saturated carbocycles. The standard InChI is InChI=1S/C13H18N2S.C3H8N2O.2C2H6/c1-3-10-11(9-14)13(16-12(10)4-2)15-7-5-6-8-15;1-2(4)3(5)6;2*1-2/h3-8H2,1-2H3;2H,4H2,1H3,(H2,5,6);2*1-2H3. The third kappa shape index (κ3) is 8.20. The molecule has 1 atom stereocenters. The average Bonchev–Trinajstić information content (AvgIpc) is 3.31. The van der Waals surface area contributed by atoms with E-state index < -0.39 is 11.9 Å². The first-order valence-corrected chi connectivity index (χ1v) is 10.6. The smallest absolute Gasteiger partial charge is 0.234 e. The molecule has 4 N–H and O–H groups in total. The number of amides is 1. The van der Waals surface area contributed by atoms with Gasteiger partial charge in [0.1, 0.15) is 11.1 Å². The Morgan fingerprint density at radius 3 is 1.96 bits per heavy atom. The van der Waals surface area contributed by atoms with Gasteiger partial charge in [-0.2, -0.15) is 5.26 Å². The SMILES string of the molecule is CC.CC.CC(N)C(N)=O.CCc1sc(N2CCCC2)c(C#N)c1CC. The summed E-state index contributed by atoms with van der Waals surface area (Å²) in [5.74, 6) is -0.463. The Hall–Kier alpha value is -1.58. The lowest BCUT2D eigenvalue weighted by atomic mass is 10.1. The number of carbonyl (C=O) groups is 1. The lowest BCUT2D eigenvalue weighted by molar-refractivity contribution is -0.118. The van der Waals surface area contributed by atoms with Gasteiger partial charge < -0.3 is 16.4 Å². The van der Waals surface area contributed by atoms with E-state index in [0.717, 1.165) is 31.5 Å². The van der Waals surface area contributed by atoms with Gasteiger partial charge in [0.25, 0.3) is 0 Å². The first kappa shape index (κ1) is 26.6. The van der Waals surface area contributed by atoms with Crippen molar-refractivity contribution < 1.29 is 4.79 Å². The molecule has 0 aliphatic carbocycles. The molecular weight excluding hydrogens is 344 g/mol. The largest absolute Gasteiger partial charge is 0.368 e. The summed E-state index contributed by atoms with van der Waals surface area (Å²) in [7, 11) is 0. The Bertz CT molecular complexity index is 541. The minimum atomic E-state index is -0.509. The fourth-order valence-corrected chi connectivity index (χ4v) is 3.75. The number of anilines is 1. The zero-order chi connectivity index (χ0) is 20.7. The van der Waals surface area contributed by atoms with Crippen LogP contribution in [0.4, 0.5) is 5.00 Å². The topological polar surface area (TPSA) is 96.1 Å². The van der Waals surface area contributed by atoms with Crippen LogP contribution in [0.3, 0.4) is 0 Å². The maximum absolute atomic E-state index is 9.80. The quantitative estimate of drug-likeness (QED) is 0.815. The molecule has 0 bridgehead atoms. The minimum Gasteiger partial charge on any atom is -0.368 e. The molecule has 6 heteroatoms. The van der Waals surface area contributed by atoms with Gasteiger partial charge in [-0.25, -0.2) is 0 Å². The van der Waals surface area contributed by atoms with Gasteiger partial charge in [-0.3, -0.25) is 4.79 Å². The molecule has 1 fully saturated rings. The van der Waals surface area contributed by atoms with Gasteiger partial charge in [-0.1, -0.05) is 41.5 Å². The Morgan fingerprint density at radius 1 is 1.19 bits per heavy atom. The number of nitriles is 1. The molecule has 1 unspecified atom stereocenters. The zero-order valence-electron chi connectivity index (χ0n) is 17.7. The summed E-state index contributed by atoms with van der Waals surface area (Å²) >= 11 is 1.84. The number of hydrogen-bond donors (Lipinski definition) is 2. The number of nitrogens with two attached hydrogens (primary N) is 2. The number of nitrogens with zero attached hydrogens (tertiary/aromatic N) is 2. The number of carbonyl (C=O) groups excluding carboxylic acids is 1. The minimum absolute atomic E-state index is 0.463. The van der Waals surface area contributed by atoms with Crippen LogP contribution in [0.5, 0.6) is 0 Å². The second kappa shape index (κ2) is 15.7. The van der Waals surface area contributed by atoms with Crippen molar-refractivity contribution in [2.24, 2.45) is 11.5 Å². The van der Waals surface area contributed by atoms with Crippen LogP contribution >= 0.6 is 11.3 Å².